The van der Waals surface area contributed by atoms with Crippen LogP contribution >= 0.6 is 22.7 Å². The summed E-state index contributed by atoms with van der Waals surface area (Å²) in [4.78, 5) is 20.4. The molecular formula is C45H55N5OS2. The van der Waals surface area contributed by atoms with Crippen LogP contribution in [-0.4, -0.2) is 30.3 Å². The third-order valence-electron chi connectivity index (χ3n) is 9.16. The van der Waals surface area contributed by atoms with Crippen LogP contribution in [0.5, 0.6) is 0 Å². The number of hydrogen-bond donors (Lipinski definition) is 0. The maximum atomic E-state index is 11.5. The van der Waals surface area contributed by atoms with Gasteiger partial charge in [0.05, 0.1) is 31.0 Å². The van der Waals surface area contributed by atoms with Crippen molar-refractivity contribution in [2.45, 2.75) is 118 Å². The number of rotatable bonds is 0. The zero-order valence-electron chi connectivity index (χ0n) is 33.5. The minimum atomic E-state index is 0.121. The molecule has 0 bridgehead atoms. The molecular weight excluding hydrogens is 691 g/mol. The summed E-state index contributed by atoms with van der Waals surface area (Å²) in [6.45, 7) is 26.3. The zero-order valence-corrected chi connectivity index (χ0v) is 35.2. The number of Topliss-reactive ketones (excluding diaryl/α,β-unsaturated/α-hetero) is 1. The van der Waals surface area contributed by atoms with Crippen molar-refractivity contribution in [1.29, 1.82) is 0 Å². The van der Waals surface area contributed by atoms with E-state index in [-0.39, 0.29) is 21.7 Å². The molecule has 0 atom stereocenters. The van der Waals surface area contributed by atoms with Crippen molar-refractivity contribution in [3.63, 3.8) is 0 Å². The summed E-state index contributed by atoms with van der Waals surface area (Å²) in [6, 6.07) is 25.3. The second-order valence-electron chi connectivity index (χ2n) is 17.8. The number of nitrogens with zero attached hydrogens (tertiary/aromatic N) is 5. The highest BCUT2D eigenvalue weighted by Crippen LogP contribution is 2.32. The molecule has 4 aromatic heterocycles. The number of carbonyl (C=O) groups is 1. The number of aromatic nitrogens is 5. The van der Waals surface area contributed by atoms with Gasteiger partial charge in [-0.25, -0.2) is 9.97 Å². The number of pyridine rings is 1. The molecule has 7 aromatic rings. The Morgan fingerprint density at radius 3 is 2.00 bits per heavy atom. The Bertz CT molecular complexity index is 2270. The second-order valence-corrected chi connectivity index (χ2v) is 19.7. The second kappa shape index (κ2) is 15.6. The Morgan fingerprint density at radius 1 is 0.660 bits per heavy atom. The Labute approximate surface area is 323 Å². The van der Waals surface area contributed by atoms with Crippen molar-refractivity contribution in [1.82, 2.24) is 24.6 Å². The van der Waals surface area contributed by atoms with Crippen molar-refractivity contribution in [3.05, 3.63) is 124 Å². The highest BCUT2D eigenvalue weighted by molar-refractivity contribution is 7.18. The maximum Gasteiger partial charge on any atom is 0.164 e. The van der Waals surface area contributed by atoms with Crippen molar-refractivity contribution < 1.29 is 4.79 Å². The fourth-order valence-corrected chi connectivity index (χ4v) is 7.59. The molecule has 0 fully saturated rings. The lowest BCUT2D eigenvalue weighted by Crippen LogP contribution is -2.12. The predicted molar refractivity (Wildman–Crippen MR) is 226 cm³/mol. The molecule has 1 aliphatic rings. The normalized spacial score (nSPS) is 13.2. The van der Waals surface area contributed by atoms with Gasteiger partial charge >= 0.3 is 0 Å². The van der Waals surface area contributed by atoms with Gasteiger partial charge in [0, 0.05) is 29.2 Å². The van der Waals surface area contributed by atoms with Crippen LogP contribution in [0.3, 0.4) is 0 Å². The fourth-order valence-electron chi connectivity index (χ4n) is 5.85. The molecule has 0 saturated heterocycles. The average Bonchev–Trinajstić information content (AvgIpc) is 3.90. The van der Waals surface area contributed by atoms with E-state index in [1.807, 2.05) is 28.2 Å². The van der Waals surface area contributed by atoms with Crippen LogP contribution in [0.1, 0.15) is 127 Å². The lowest BCUT2D eigenvalue weighted by molar-refractivity contribution is 0.0994. The van der Waals surface area contributed by atoms with Crippen LogP contribution in [0.25, 0.3) is 26.1 Å². The first-order valence-electron chi connectivity index (χ1n) is 18.4. The van der Waals surface area contributed by atoms with Gasteiger partial charge in [-0.2, -0.15) is 0 Å². The molecule has 8 rings (SSSR count). The zero-order chi connectivity index (χ0) is 38.8. The molecule has 8 heteroatoms. The predicted octanol–water partition coefficient (Wildman–Crippen LogP) is 12.3. The summed E-state index contributed by atoms with van der Waals surface area (Å²) in [6.07, 6.45) is 5.32. The lowest BCUT2D eigenvalue weighted by atomic mass is 9.85. The van der Waals surface area contributed by atoms with Crippen LogP contribution in [0.15, 0.2) is 90.8 Å². The van der Waals surface area contributed by atoms with E-state index in [4.69, 9.17) is 0 Å². The molecule has 278 valence electrons. The van der Waals surface area contributed by atoms with E-state index in [0.29, 0.717) is 12.2 Å². The molecule has 4 heterocycles. The fraction of sp³-hybridized carbons (Fsp3) is 0.400. The number of hydrogen-bond acceptors (Lipinski definition) is 7. The molecule has 0 unspecified atom stereocenters. The number of thiazole rings is 2. The third-order valence-corrected chi connectivity index (χ3v) is 11.4. The smallest absolute Gasteiger partial charge is 0.164 e. The summed E-state index contributed by atoms with van der Waals surface area (Å²) < 4.78 is 4.51. The van der Waals surface area contributed by atoms with Gasteiger partial charge in [-0.15, -0.1) is 32.9 Å². The molecule has 6 nitrogen and oxygen atoms in total. The molecule has 0 N–H and O–H groups in total. The molecule has 0 amide bonds. The summed E-state index contributed by atoms with van der Waals surface area (Å²) in [5, 5.41) is 9.20. The topological polar surface area (TPSA) is 73.0 Å². The van der Waals surface area contributed by atoms with Crippen LogP contribution in [0, 0.1) is 0 Å². The SMILES string of the molecule is CC(C)(C)c1ccc2c(c1)C(=O)CC2.CC(C)(C)c1ccc2ncsc2c1.CC(C)(C)c1cccn2cnnc12.CC(C)(C)c1nc2ccccc2s1. The number of fused-ring (bicyclic) bond motifs is 4. The summed E-state index contributed by atoms with van der Waals surface area (Å²) in [5.41, 5.74) is 11.8. The van der Waals surface area contributed by atoms with Gasteiger partial charge in [-0.05, 0) is 75.8 Å². The van der Waals surface area contributed by atoms with Gasteiger partial charge in [-0.3, -0.25) is 9.20 Å². The third kappa shape index (κ3) is 10.0. The first-order chi connectivity index (χ1) is 24.7. The maximum absolute atomic E-state index is 11.5. The van der Waals surface area contributed by atoms with E-state index in [2.05, 4.69) is 164 Å². The van der Waals surface area contributed by atoms with Crippen LogP contribution in [0.4, 0.5) is 0 Å². The van der Waals surface area contributed by atoms with E-state index in [1.54, 1.807) is 29.0 Å². The van der Waals surface area contributed by atoms with Gasteiger partial charge in [0.1, 0.15) is 6.33 Å². The number of benzene rings is 3. The molecule has 53 heavy (non-hydrogen) atoms. The van der Waals surface area contributed by atoms with Crippen LogP contribution in [0.2, 0.25) is 0 Å². The van der Waals surface area contributed by atoms with Gasteiger partial charge in [0.2, 0.25) is 0 Å². The van der Waals surface area contributed by atoms with E-state index in [1.165, 1.54) is 36.7 Å². The number of carbonyl (C=O) groups excluding carboxylic acids is 1. The van der Waals surface area contributed by atoms with Crippen molar-refractivity contribution in [3.8, 4) is 0 Å². The van der Waals surface area contributed by atoms with E-state index < -0.39 is 0 Å². The molecule has 0 saturated carbocycles. The van der Waals surface area contributed by atoms with Crippen LogP contribution < -0.4 is 0 Å². The molecule has 0 aliphatic heterocycles. The minimum Gasteiger partial charge on any atom is -0.294 e. The molecule has 0 spiro atoms. The van der Waals surface area contributed by atoms with Gasteiger partial charge < -0.3 is 0 Å². The summed E-state index contributed by atoms with van der Waals surface area (Å²) >= 11 is 3.50. The monoisotopic (exact) mass is 745 g/mol. The van der Waals surface area contributed by atoms with E-state index >= 15 is 0 Å². The first-order valence-corrected chi connectivity index (χ1v) is 20.1. The Kier molecular flexibility index (Phi) is 11.8. The first kappa shape index (κ1) is 39.9. The van der Waals surface area contributed by atoms with Crippen molar-refractivity contribution >= 4 is 54.5 Å². The van der Waals surface area contributed by atoms with Crippen LogP contribution in [-0.2, 0) is 28.1 Å². The van der Waals surface area contributed by atoms with Gasteiger partial charge in [-0.1, -0.05) is 119 Å². The quantitative estimate of drug-likeness (QED) is 0.155. The summed E-state index contributed by atoms with van der Waals surface area (Å²) in [5.74, 6) is 0.311. The summed E-state index contributed by atoms with van der Waals surface area (Å²) in [7, 11) is 0. The van der Waals surface area contributed by atoms with Crippen molar-refractivity contribution in [2.24, 2.45) is 0 Å². The Balaban J connectivity index is 0.000000136. The average molecular weight is 746 g/mol. The Hall–Kier alpha value is -4.27. The molecule has 1 aliphatic carbocycles. The standard InChI is InChI=1S/C13H16O.2C11H13NS.C10H13N3/c1-13(2,3)10-6-4-9-5-7-12(14)11(9)8-10;1-11(2,3)8-4-5-9-10(6-8)13-7-12-9;1-11(2,3)10-12-8-6-4-5-7-9(8)13-10;1-10(2,3)8-5-4-6-13-7-11-12-9(8)13/h4,6,8H,5,7H2,1-3H3;3*4-7H,1-3H3. The van der Waals surface area contributed by atoms with Crippen molar-refractivity contribution in [2.75, 3.05) is 0 Å². The molecule has 0 radical (unpaired) electrons. The largest absolute Gasteiger partial charge is 0.294 e. The van der Waals surface area contributed by atoms with Gasteiger partial charge in [0.25, 0.3) is 0 Å². The van der Waals surface area contributed by atoms with E-state index in [9.17, 15) is 4.79 Å². The molecule has 3 aromatic carbocycles. The highest BCUT2D eigenvalue weighted by Gasteiger charge is 2.23. The minimum absolute atomic E-state index is 0.121. The number of ketones is 1. The highest BCUT2D eigenvalue weighted by atomic mass is 32.1. The Morgan fingerprint density at radius 2 is 1.34 bits per heavy atom. The van der Waals surface area contributed by atoms with Gasteiger partial charge in [0.15, 0.2) is 11.4 Å². The van der Waals surface area contributed by atoms with E-state index in [0.717, 1.165) is 28.7 Å². The number of aryl methyl sites for hydroxylation is 1. The lowest BCUT2D eigenvalue weighted by Gasteiger charge is -2.19. The number of para-hydroxylation sites is 1.